The second-order valence-corrected chi connectivity index (χ2v) is 8.54. The molecule has 1 fully saturated rings. The Morgan fingerprint density at radius 3 is 2.17 bits per heavy atom. The largest absolute Gasteiger partial charge is 0.427 e. The first kappa shape index (κ1) is 23.9. The van der Waals surface area contributed by atoms with Crippen molar-refractivity contribution in [1.82, 2.24) is 4.90 Å². The number of nitrogens with zero attached hydrogens (tertiary/aromatic N) is 2. The molecule has 35 heavy (non-hydrogen) atoms. The maximum Gasteiger partial charge on any atom is 0.308 e. The summed E-state index contributed by atoms with van der Waals surface area (Å²) in [6, 6.07) is 21.3. The summed E-state index contributed by atoms with van der Waals surface area (Å²) < 4.78 is 5.03. The lowest BCUT2D eigenvalue weighted by atomic mass is 10.0. The van der Waals surface area contributed by atoms with E-state index >= 15 is 0 Å². The normalized spacial score (nSPS) is 16.2. The smallest absolute Gasteiger partial charge is 0.308 e. The number of imide groups is 1. The monoisotopic (exact) mass is 470 g/mol. The van der Waals surface area contributed by atoms with E-state index in [2.05, 4.69) is 0 Å². The van der Waals surface area contributed by atoms with Crippen LogP contribution >= 0.6 is 0 Å². The molecule has 0 spiro atoms. The summed E-state index contributed by atoms with van der Waals surface area (Å²) in [4.78, 5) is 54.1. The Morgan fingerprint density at radius 2 is 1.57 bits per heavy atom. The third-order valence-electron chi connectivity index (χ3n) is 6.05. The summed E-state index contributed by atoms with van der Waals surface area (Å²) in [6.07, 6.45) is -0.126. The van der Waals surface area contributed by atoms with Gasteiger partial charge in [0.2, 0.25) is 5.91 Å². The van der Waals surface area contributed by atoms with Crippen LogP contribution in [0.2, 0.25) is 0 Å². The standard InChI is InChI=1S/C28H26N2O5/c1-18-9-11-22(12-10-18)27(33)29(19(2)21-7-5-4-6-8-21)25-17-26(32)30(28(25)34)23-13-15-24(16-14-23)35-20(3)31/h4-16,19,25H,17H2,1-3H3. The van der Waals surface area contributed by atoms with Crippen LogP contribution in [0.4, 0.5) is 5.69 Å². The summed E-state index contributed by atoms with van der Waals surface area (Å²) in [5.41, 5.74) is 2.67. The van der Waals surface area contributed by atoms with E-state index in [1.54, 1.807) is 24.3 Å². The molecule has 3 aromatic carbocycles. The summed E-state index contributed by atoms with van der Waals surface area (Å²) >= 11 is 0. The third kappa shape index (κ3) is 4.99. The number of carbonyl (C=O) groups excluding carboxylic acids is 4. The minimum absolute atomic E-state index is 0.126. The molecule has 0 N–H and O–H groups in total. The van der Waals surface area contributed by atoms with Gasteiger partial charge in [-0.25, -0.2) is 4.90 Å². The van der Waals surface area contributed by atoms with Gasteiger partial charge in [0, 0.05) is 12.5 Å². The number of ether oxygens (including phenoxy) is 1. The minimum atomic E-state index is -0.959. The quantitative estimate of drug-likeness (QED) is 0.302. The molecular formula is C28H26N2O5. The van der Waals surface area contributed by atoms with Crippen LogP contribution in [0.15, 0.2) is 78.9 Å². The molecule has 2 unspecified atom stereocenters. The van der Waals surface area contributed by atoms with Crippen molar-refractivity contribution in [3.8, 4) is 5.75 Å². The first-order valence-corrected chi connectivity index (χ1v) is 11.4. The summed E-state index contributed by atoms with van der Waals surface area (Å²) in [5, 5.41) is 0. The van der Waals surface area contributed by atoms with Crippen molar-refractivity contribution < 1.29 is 23.9 Å². The molecule has 0 bridgehead atoms. The first-order valence-electron chi connectivity index (χ1n) is 11.4. The molecular weight excluding hydrogens is 444 g/mol. The predicted molar refractivity (Wildman–Crippen MR) is 131 cm³/mol. The predicted octanol–water partition coefficient (Wildman–Crippen LogP) is 4.46. The van der Waals surface area contributed by atoms with Gasteiger partial charge < -0.3 is 9.64 Å². The maximum absolute atomic E-state index is 13.7. The molecule has 178 valence electrons. The van der Waals surface area contributed by atoms with Crippen LogP contribution < -0.4 is 9.64 Å². The Morgan fingerprint density at radius 1 is 0.943 bits per heavy atom. The van der Waals surface area contributed by atoms with Gasteiger partial charge in [0.15, 0.2) is 0 Å². The molecule has 3 amide bonds. The van der Waals surface area contributed by atoms with Crippen LogP contribution in [-0.2, 0) is 14.4 Å². The zero-order chi connectivity index (χ0) is 25.1. The van der Waals surface area contributed by atoms with Gasteiger partial charge in [-0.2, -0.15) is 0 Å². The van der Waals surface area contributed by atoms with Gasteiger partial charge in [-0.15, -0.1) is 0 Å². The molecule has 1 aliphatic rings. The Hall–Kier alpha value is -4.26. The first-order chi connectivity index (χ1) is 16.8. The molecule has 1 heterocycles. The van der Waals surface area contributed by atoms with Crippen molar-refractivity contribution in [3.05, 3.63) is 95.6 Å². The highest BCUT2D eigenvalue weighted by molar-refractivity contribution is 6.23. The van der Waals surface area contributed by atoms with Crippen LogP contribution in [-0.4, -0.2) is 34.6 Å². The highest BCUT2D eigenvalue weighted by atomic mass is 16.5. The zero-order valence-electron chi connectivity index (χ0n) is 19.8. The number of hydrogen-bond donors (Lipinski definition) is 0. The highest BCUT2D eigenvalue weighted by Gasteiger charge is 2.46. The summed E-state index contributed by atoms with van der Waals surface area (Å²) in [5.74, 6) is -1.35. The Labute approximate surface area is 203 Å². The Balaban J connectivity index is 1.68. The van der Waals surface area contributed by atoms with Crippen LogP contribution in [0.5, 0.6) is 5.75 Å². The lowest BCUT2D eigenvalue weighted by Crippen LogP contribution is -2.46. The Bertz CT molecular complexity index is 1250. The van der Waals surface area contributed by atoms with Gasteiger partial charge in [0.05, 0.1) is 18.2 Å². The molecule has 2 atom stereocenters. The van der Waals surface area contributed by atoms with E-state index in [4.69, 9.17) is 4.74 Å². The van der Waals surface area contributed by atoms with Gasteiger partial charge in [0.25, 0.3) is 11.8 Å². The van der Waals surface area contributed by atoms with E-state index < -0.39 is 29.9 Å². The van der Waals surface area contributed by atoms with Crippen molar-refractivity contribution in [3.63, 3.8) is 0 Å². The molecule has 0 aliphatic carbocycles. The van der Waals surface area contributed by atoms with Crippen molar-refractivity contribution in [2.45, 2.75) is 39.3 Å². The zero-order valence-corrected chi connectivity index (χ0v) is 19.8. The van der Waals surface area contributed by atoms with E-state index in [-0.39, 0.29) is 12.3 Å². The van der Waals surface area contributed by atoms with Crippen LogP contribution in [0, 0.1) is 6.92 Å². The molecule has 1 aliphatic heterocycles. The van der Waals surface area contributed by atoms with E-state index in [1.165, 1.54) is 24.0 Å². The highest BCUT2D eigenvalue weighted by Crippen LogP contribution is 2.33. The number of esters is 1. The lowest BCUT2D eigenvalue weighted by molar-refractivity contribution is -0.132. The fourth-order valence-corrected chi connectivity index (χ4v) is 4.26. The average molecular weight is 471 g/mol. The molecule has 7 heteroatoms. The van der Waals surface area contributed by atoms with Gasteiger partial charge >= 0.3 is 5.97 Å². The summed E-state index contributed by atoms with van der Waals surface area (Å²) in [6.45, 7) is 5.08. The number of amides is 3. The van der Waals surface area contributed by atoms with E-state index in [9.17, 15) is 19.2 Å². The lowest BCUT2D eigenvalue weighted by Gasteiger charge is -2.33. The molecule has 3 aromatic rings. The summed E-state index contributed by atoms with van der Waals surface area (Å²) in [7, 11) is 0. The number of hydrogen-bond acceptors (Lipinski definition) is 5. The van der Waals surface area contributed by atoms with Crippen LogP contribution in [0.3, 0.4) is 0 Å². The number of benzene rings is 3. The second-order valence-electron chi connectivity index (χ2n) is 8.54. The van der Waals surface area contributed by atoms with Crippen molar-refractivity contribution in [2.75, 3.05) is 4.90 Å². The third-order valence-corrected chi connectivity index (χ3v) is 6.05. The average Bonchev–Trinajstić information content (AvgIpc) is 3.13. The number of anilines is 1. The van der Waals surface area contributed by atoms with E-state index in [0.29, 0.717) is 17.0 Å². The molecule has 0 radical (unpaired) electrons. The molecule has 0 saturated carbocycles. The SMILES string of the molecule is CC(=O)Oc1ccc(N2C(=O)CC(N(C(=O)c3ccc(C)cc3)C(C)c3ccccc3)C2=O)cc1. The van der Waals surface area contributed by atoms with Crippen molar-refractivity contribution in [1.29, 1.82) is 0 Å². The Kier molecular flexibility index (Phi) is 6.78. The molecule has 0 aromatic heterocycles. The van der Waals surface area contributed by atoms with Crippen molar-refractivity contribution >= 4 is 29.4 Å². The van der Waals surface area contributed by atoms with E-state index in [1.807, 2.05) is 56.3 Å². The maximum atomic E-state index is 13.7. The van der Waals surface area contributed by atoms with Gasteiger partial charge in [0.1, 0.15) is 11.8 Å². The molecule has 1 saturated heterocycles. The minimum Gasteiger partial charge on any atom is -0.427 e. The van der Waals surface area contributed by atoms with Gasteiger partial charge in [-0.3, -0.25) is 19.2 Å². The number of carbonyl (C=O) groups is 4. The fourth-order valence-electron chi connectivity index (χ4n) is 4.26. The number of aryl methyl sites for hydroxylation is 1. The molecule has 4 rings (SSSR count). The van der Waals surface area contributed by atoms with E-state index in [0.717, 1.165) is 16.0 Å². The fraction of sp³-hybridized carbons (Fsp3) is 0.214. The number of rotatable bonds is 6. The topological polar surface area (TPSA) is 84.0 Å². The second kappa shape index (κ2) is 9.93. The van der Waals surface area contributed by atoms with Gasteiger partial charge in [-0.05, 0) is 55.8 Å². The molecule has 7 nitrogen and oxygen atoms in total. The van der Waals surface area contributed by atoms with Crippen molar-refractivity contribution in [2.24, 2.45) is 0 Å². The van der Waals surface area contributed by atoms with Crippen LogP contribution in [0.25, 0.3) is 0 Å². The van der Waals surface area contributed by atoms with Crippen LogP contribution in [0.1, 0.15) is 47.8 Å². The van der Waals surface area contributed by atoms with Gasteiger partial charge in [-0.1, -0.05) is 48.0 Å².